The summed E-state index contributed by atoms with van der Waals surface area (Å²) in [6, 6.07) is 6.88. The van der Waals surface area contributed by atoms with Crippen LogP contribution in [0, 0.1) is 17.5 Å². The van der Waals surface area contributed by atoms with Crippen molar-refractivity contribution in [2.45, 2.75) is 18.9 Å². The summed E-state index contributed by atoms with van der Waals surface area (Å²) in [4.78, 5) is 0. The first kappa shape index (κ1) is 14.9. The number of benzene rings is 2. The van der Waals surface area contributed by atoms with Gasteiger partial charge in [-0.2, -0.15) is 0 Å². The van der Waals surface area contributed by atoms with Gasteiger partial charge in [-0.05, 0) is 42.3 Å². The molecule has 1 N–H and O–H groups in total. The van der Waals surface area contributed by atoms with Crippen LogP contribution < -0.4 is 0 Å². The highest BCUT2D eigenvalue weighted by Crippen LogP contribution is 2.28. The van der Waals surface area contributed by atoms with E-state index in [0.29, 0.717) is 5.56 Å². The molecule has 2 aromatic rings. The van der Waals surface area contributed by atoms with Crippen LogP contribution in [-0.2, 0) is 12.0 Å². The Bertz CT molecular complexity index is 621. The normalized spacial score (nSPS) is 14.1. The summed E-state index contributed by atoms with van der Waals surface area (Å²) >= 11 is 5.66. The lowest BCUT2D eigenvalue weighted by Gasteiger charge is -2.24. The van der Waals surface area contributed by atoms with Crippen LogP contribution >= 0.6 is 11.6 Å². The standard InChI is InChI=1S/C15H12ClF3O/c1-15(20,10-5-11(17)7-12(18)6-10)8-9-2-3-14(19)13(16)4-9/h2-7,20H,8H2,1H3. The van der Waals surface area contributed by atoms with Crippen LogP contribution in [0.1, 0.15) is 18.1 Å². The molecule has 0 spiro atoms. The van der Waals surface area contributed by atoms with Crippen molar-refractivity contribution in [3.05, 3.63) is 70.0 Å². The smallest absolute Gasteiger partial charge is 0.141 e. The summed E-state index contributed by atoms with van der Waals surface area (Å²) in [5.41, 5.74) is -0.828. The summed E-state index contributed by atoms with van der Waals surface area (Å²) in [5, 5.41) is 10.3. The second-order valence-corrected chi connectivity index (χ2v) is 5.26. The number of aliphatic hydroxyl groups is 1. The van der Waals surface area contributed by atoms with Gasteiger partial charge in [-0.25, -0.2) is 13.2 Å². The number of rotatable bonds is 3. The van der Waals surface area contributed by atoms with Gasteiger partial charge in [-0.1, -0.05) is 17.7 Å². The van der Waals surface area contributed by atoms with Gasteiger partial charge in [0.25, 0.3) is 0 Å². The highest BCUT2D eigenvalue weighted by atomic mass is 35.5. The van der Waals surface area contributed by atoms with Gasteiger partial charge in [0.05, 0.1) is 10.6 Å². The third kappa shape index (κ3) is 3.32. The molecule has 2 aromatic carbocycles. The first-order valence-corrected chi connectivity index (χ1v) is 6.28. The molecule has 1 unspecified atom stereocenters. The van der Waals surface area contributed by atoms with Crippen LogP contribution in [-0.4, -0.2) is 5.11 Å². The molecule has 0 heterocycles. The van der Waals surface area contributed by atoms with E-state index in [-0.39, 0.29) is 17.0 Å². The van der Waals surface area contributed by atoms with Crippen LogP contribution in [0.4, 0.5) is 13.2 Å². The maximum absolute atomic E-state index is 13.2. The fourth-order valence-corrected chi connectivity index (χ4v) is 2.22. The molecule has 2 rings (SSSR count). The van der Waals surface area contributed by atoms with Gasteiger partial charge in [-0.3, -0.25) is 0 Å². The zero-order valence-electron chi connectivity index (χ0n) is 10.6. The maximum atomic E-state index is 13.2. The Kier molecular flexibility index (Phi) is 4.06. The maximum Gasteiger partial charge on any atom is 0.141 e. The minimum absolute atomic E-state index is 0.0515. The number of halogens is 4. The van der Waals surface area contributed by atoms with Crippen molar-refractivity contribution in [2.75, 3.05) is 0 Å². The zero-order chi connectivity index (χ0) is 14.9. The van der Waals surface area contributed by atoms with Gasteiger partial charge in [-0.15, -0.1) is 0 Å². The average Bonchev–Trinajstić information content (AvgIpc) is 2.32. The fourth-order valence-electron chi connectivity index (χ4n) is 2.01. The van der Waals surface area contributed by atoms with E-state index in [4.69, 9.17) is 11.6 Å². The molecule has 0 amide bonds. The van der Waals surface area contributed by atoms with Crippen molar-refractivity contribution < 1.29 is 18.3 Å². The molecule has 0 saturated heterocycles. The minimum atomic E-state index is -1.50. The van der Waals surface area contributed by atoms with Crippen molar-refractivity contribution >= 4 is 11.6 Å². The highest BCUT2D eigenvalue weighted by molar-refractivity contribution is 6.30. The molecule has 0 aromatic heterocycles. The van der Waals surface area contributed by atoms with E-state index in [1.165, 1.54) is 25.1 Å². The van der Waals surface area contributed by atoms with Crippen LogP contribution in [0.25, 0.3) is 0 Å². The Morgan fingerprint density at radius 2 is 1.65 bits per heavy atom. The van der Waals surface area contributed by atoms with Gasteiger partial charge >= 0.3 is 0 Å². The molecule has 0 saturated carbocycles. The molecular weight excluding hydrogens is 289 g/mol. The second-order valence-electron chi connectivity index (χ2n) is 4.86. The van der Waals surface area contributed by atoms with E-state index < -0.39 is 23.1 Å². The van der Waals surface area contributed by atoms with E-state index in [2.05, 4.69) is 0 Å². The van der Waals surface area contributed by atoms with Crippen LogP contribution in [0.2, 0.25) is 5.02 Å². The monoisotopic (exact) mass is 300 g/mol. The Balaban J connectivity index is 2.32. The number of hydrogen-bond acceptors (Lipinski definition) is 1. The average molecular weight is 301 g/mol. The predicted molar refractivity (Wildman–Crippen MR) is 71.0 cm³/mol. The van der Waals surface area contributed by atoms with E-state index >= 15 is 0 Å². The number of hydrogen-bond donors (Lipinski definition) is 1. The lowest BCUT2D eigenvalue weighted by molar-refractivity contribution is 0.0569. The first-order valence-electron chi connectivity index (χ1n) is 5.91. The van der Waals surface area contributed by atoms with Crippen LogP contribution in [0.15, 0.2) is 36.4 Å². The van der Waals surface area contributed by atoms with Gasteiger partial charge in [0, 0.05) is 12.5 Å². The Morgan fingerprint density at radius 1 is 1.05 bits per heavy atom. The van der Waals surface area contributed by atoms with Crippen molar-refractivity contribution in [1.29, 1.82) is 0 Å². The molecule has 106 valence electrons. The van der Waals surface area contributed by atoms with Crippen molar-refractivity contribution in [3.8, 4) is 0 Å². The Morgan fingerprint density at radius 3 is 2.20 bits per heavy atom. The molecular formula is C15H12ClF3O. The van der Waals surface area contributed by atoms with E-state index in [1.54, 1.807) is 0 Å². The van der Waals surface area contributed by atoms with Gasteiger partial charge in [0.1, 0.15) is 17.5 Å². The zero-order valence-corrected chi connectivity index (χ0v) is 11.4. The lowest BCUT2D eigenvalue weighted by atomic mass is 9.89. The molecule has 0 fully saturated rings. The molecule has 0 aliphatic rings. The van der Waals surface area contributed by atoms with Crippen molar-refractivity contribution in [3.63, 3.8) is 0 Å². The molecule has 0 aliphatic heterocycles. The van der Waals surface area contributed by atoms with Gasteiger partial charge < -0.3 is 5.11 Å². The second kappa shape index (κ2) is 5.46. The largest absolute Gasteiger partial charge is 0.385 e. The van der Waals surface area contributed by atoms with E-state index in [1.807, 2.05) is 0 Å². The molecule has 0 radical (unpaired) electrons. The molecule has 0 bridgehead atoms. The van der Waals surface area contributed by atoms with E-state index in [9.17, 15) is 18.3 Å². The SMILES string of the molecule is CC(O)(Cc1ccc(F)c(Cl)c1)c1cc(F)cc(F)c1. The van der Waals surface area contributed by atoms with E-state index in [0.717, 1.165) is 18.2 Å². The molecule has 1 nitrogen and oxygen atoms in total. The molecule has 0 aliphatic carbocycles. The Hall–Kier alpha value is -1.52. The quantitative estimate of drug-likeness (QED) is 0.900. The third-order valence-electron chi connectivity index (χ3n) is 3.02. The fraction of sp³-hybridized carbons (Fsp3) is 0.200. The molecule has 1 atom stereocenters. The van der Waals surface area contributed by atoms with Gasteiger partial charge in [0.15, 0.2) is 0 Å². The first-order chi connectivity index (χ1) is 9.28. The highest BCUT2D eigenvalue weighted by Gasteiger charge is 2.25. The van der Waals surface area contributed by atoms with Gasteiger partial charge in [0.2, 0.25) is 0 Å². The summed E-state index contributed by atoms with van der Waals surface area (Å²) in [7, 11) is 0. The minimum Gasteiger partial charge on any atom is -0.385 e. The Labute approximate surface area is 119 Å². The molecule has 20 heavy (non-hydrogen) atoms. The van der Waals surface area contributed by atoms with Crippen LogP contribution in [0.3, 0.4) is 0 Å². The third-order valence-corrected chi connectivity index (χ3v) is 3.31. The summed E-state index contributed by atoms with van der Waals surface area (Å²) in [6.07, 6.45) is 0.0515. The molecule has 5 heteroatoms. The lowest BCUT2D eigenvalue weighted by Crippen LogP contribution is -2.24. The van der Waals surface area contributed by atoms with Crippen LogP contribution in [0.5, 0.6) is 0 Å². The summed E-state index contributed by atoms with van der Waals surface area (Å²) in [5.74, 6) is -2.10. The van der Waals surface area contributed by atoms with Crippen molar-refractivity contribution in [2.24, 2.45) is 0 Å². The summed E-state index contributed by atoms with van der Waals surface area (Å²) < 4.78 is 39.5. The summed E-state index contributed by atoms with van der Waals surface area (Å²) in [6.45, 7) is 1.43. The van der Waals surface area contributed by atoms with Crippen molar-refractivity contribution in [1.82, 2.24) is 0 Å². The predicted octanol–water partition coefficient (Wildman–Crippen LogP) is 4.21. The topological polar surface area (TPSA) is 20.2 Å².